The Bertz CT molecular complexity index is 687. The molecule has 132 valence electrons. The van der Waals surface area contributed by atoms with Gasteiger partial charge in [-0.05, 0) is 18.7 Å². The fourth-order valence-corrected chi connectivity index (χ4v) is 2.55. The van der Waals surface area contributed by atoms with E-state index in [9.17, 15) is 9.18 Å². The van der Waals surface area contributed by atoms with Crippen molar-refractivity contribution < 1.29 is 9.18 Å². The van der Waals surface area contributed by atoms with Crippen LogP contribution in [-0.2, 0) is 17.3 Å². The van der Waals surface area contributed by atoms with Crippen molar-refractivity contribution in [2.75, 3.05) is 13.6 Å². The summed E-state index contributed by atoms with van der Waals surface area (Å²) in [6.45, 7) is 4.15. The smallest absolute Gasteiger partial charge is 0.241 e. The average Bonchev–Trinajstić information content (AvgIpc) is 2.92. The topological polar surface area (TPSA) is 59.0 Å². The molecular weight excluding hydrogens is 331 g/mol. The molecule has 1 atom stereocenters. The normalized spacial score (nSPS) is 12.4. The van der Waals surface area contributed by atoms with Crippen molar-refractivity contribution in [3.05, 3.63) is 53.6 Å². The summed E-state index contributed by atoms with van der Waals surface area (Å²) in [7, 11) is 3.52. The van der Waals surface area contributed by atoms with Crippen LogP contribution in [-0.4, -0.2) is 29.3 Å². The number of nitrogens with one attached hydrogen (secondary N) is 2. The van der Waals surface area contributed by atoms with Crippen LogP contribution in [0.2, 0.25) is 0 Å². The summed E-state index contributed by atoms with van der Waals surface area (Å²) in [4.78, 5) is 12.4. The number of rotatable bonds is 6. The number of aromatic nitrogens is 2. The molecule has 0 fully saturated rings. The Morgan fingerprint density at radius 1 is 1.38 bits per heavy atom. The van der Waals surface area contributed by atoms with Crippen LogP contribution in [0, 0.1) is 5.82 Å². The molecule has 0 aliphatic heterocycles. The van der Waals surface area contributed by atoms with Gasteiger partial charge in [-0.3, -0.25) is 9.48 Å². The van der Waals surface area contributed by atoms with Crippen molar-refractivity contribution in [2.45, 2.75) is 25.3 Å². The lowest BCUT2D eigenvalue weighted by Crippen LogP contribution is -2.42. The first-order chi connectivity index (χ1) is 10.8. The van der Waals surface area contributed by atoms with Crippen molar-refractivity contribution in [3.63, 3.8) is 0 Å². The number of benzene rings is 1. The number of halogens is 2. The van der Waals surface area contributed by atoms with Crippen molar-refractivity contribution in [3.8, 4) is 0 Å². The molecule has 1 unspecified atom stereocenters. The van der Waals surface area contributed by atoms with Gasteiger partial charge in [0.25, 0.3) is 0 Å². The van der Waals surface area contributed by atoms with Crippen molar-refractivity contribution >= 4 is 18.3 Å². The van der Waals surface area contributed by atoms with E-state index >= 15 is 0 Å². The fourth-order valence-electron chi connectivity index (χ4n) is 2.55. The van der Waals surface area contributed by atoms with Crippen LogP contribution in [0.25, 0.3) is 0 Å². The zero-order chi connectivity index (χ0) is 17.0. The Morgan fingerprint density at radius 3 is 2.58 bits per heavy atom. The van der Waals surface area contributed by atoms with Gasteiger partial charge in [-0.15, -0.1) is 12.4 Å². The maximum atomic E-state index is 14.0. The van der Waals surface area contributed by atoms with Crippen molar-refractivity contribution in [1.29, 1.82) is 0 Å². The quantitative estimate of drug-likeness (QED) is 0.837. The molecule has 7 heteroatoms. The van der Waals surface area contributed by atoms with Crippen LogP contribution in [0.5, 0.6) is 0 Å². The zero-order valence-electron chi connectivity index (χ0n) is 14.3. The first kappa shape index (κ1) is 20.1. The summed E-state index contributed by atoms with van der Waals surface area (Å²) >= 11 is 0. The van der Waals surface area contributed by atoms with Gasteiger partial charge < -0.3 is 10.6 Å². The maximum Gasteiger partial charge on any atom is 0.241 e. The molecule has 0 spiro atoms. The second kappa shape index (κ2) is 8.26. The van der Waals surface area contributed by atoms with E-state index in [0.29, 0.717) is 12.1 Å². The van der Waals surface area contributed by atoms with Crippen LogP contribution >= 0.6 is 12.4 Å². The molecule has 0 bridgehead atoms. The van der Waals surface area contributed by atoms with Gasteiger partial charge in [0.05, 0.1) is 6.20 Å². The van der Waals surface area contributed by atoms with Crippen LogP contribution in [0.4, 0.5) is 4.39 Å². The van der Waals surface area contributed by atoms with E-state index in [2.05, 4.69) is 15.7 Å². The minimum absolute atomic E-state index is 0. The zero-order valence-corrected chi connectivity index (χ0v) is 15.2. The summed E-state index contributed by atoms with van der Waals surface area (Å²) in [5, 5.41) is 9.96. The van der Waals surface area contributed by atoms with E-state index in [0.717, 1.165) is 5.56 Å². The van der Waals surface area contributed by atoms with Gasteiger partial charge in [0.15, 0.2) is 0 Å². The second-order valence-corrected chi connectivity index (χ2v) is 6.25. The molecule has 2 aromatic rings. The summed E-state index contributed by atoms with van der Waals surface area (Å²) in [5.74, 6) is -0.422. The minimum atomic E-state index is -0.506. The number of hydrogen-bond donors (Lipinski definition) is 2. The lowest BCUT2D eigenvalue weighted by molar-refractivity contribution is -0.123. The van der Waals surface area contributed by atoms with Crippen LogP contribution in [0.1, 0.15) is 31.0 Å². The molecule has 2 N–H and O–H groups in total. The molecule has 1 aromatic carbocycles. The van der Waals surface area contributed by atoms with Gasteiger partial charge in [0.2, 0.25) is 5.91 Å². The number of carbonyl (C=O) groups is 1. The standard InChI is InChI=1S/C17H23FN4O.ClH/c1-17(2,13-7-5-6-8-14(13)18)11-20-16(23)15(19-3)12-9-21-22(4)10-12;/h5-10,15,19H,11H2,1-4H3,(H,20,23);1H. The minimum Gasteiger partial charge on any atom is -0.354 e. The van der Waals surface area contributed by atoms with Crippen LogP contribution in [0.3, 0.4) is 0 Å². The molecule has 0 saturated carbocycles. The molecule has 2 rings (SSSR count). The van der Waals surface area contributed by atoms with E-state index < -0.39 is 11.5 Å². The highest BCUT2D eigenvalue weighted by Crippen LogP contribution is 2.25. The Balaban J connectivity index is 0.00000288. The summed E-state index contributed by atoms with van der Waals surface area (Å²) in [5.41, 5.74) is 0.868. The van der Waals surface area contributed by atoms with Crippen molar-refractivity contribution in [2.24, 2.45) is 7.05 Å². The monoisotopic (exact) mass is 354 g/mol. The highest BCUT2D eigenvalue weighted by atomic mass is 35.5. The first-order valence-corrected chi connectivity index (χ1v) is 7.53. The Kier molecular flexibility index (Phi) is 6.93. The molecule has 0 saturated heterocycles. The van der Waals surface area contributed by atoms with E-state index in [1.165, 1.54) is 6.07 Å². The first-order valence-electron chi connectivity index (χ1n) is 7.53. The van der Waals surface area contributed by atoms with Gasteiger partial charge in [0.1, 0.15) is 11.9 Å². The van der Waals surface area contributed by atoms with Crippen molar-refractivity contribution in [1.82, 2.24) is 20.4 Å². The SMILES string of the molecule is CNC(C(=O)NCC(C)(C)c1ccccc1F)c1cnn(C)c1.Cl. The molecule has 0 radical (unpaired) electrons. The molecule has 5 nitrogen and oxygen atoms in total. The predicted molar refractivity (Wildman–Crippen MR) is 94.7 cm³/mol. The third-order valence-corrected chi connectivity index (χ3v) is 3.92. The average molecular weight is 355 g/mol. The number of carbonyl (C=O) groups excluding carboxylic acids is 1. The summed E-state index contributed by atoms with van der Waals surface area (Å²) < 4.78 is 15.6. The lowest BCUT2D eigenvalue weighted by Gasteiger charge is -2.27. The number of amides is 1. The third kappa shape index (κ3) is 4.55. The molecule has 1 heterocycles. The maximum absolute atomic E-state index is 14.0. The lowest BCUT2D eigenvalue weighted by atomic mass is 9.84. The molecule has 1 aromatic heterocycles. The summed E-state index contributed by atoms with van der Waals surface area (Å²) in [6, 6.07) is 6.16. The second-order valence-electron chi connectivity index (χ2n) is 6.25. The number of nitrogens with zero attached hydrogens (tertiary/aromatic N) is 2. The van der Waals surface area contributed by atoms with E-state index in [1.54, 1.807) is 49.4 Å². The molecule has 0 aliphatic rings. The third-order valence-electron chi connectivity index (χ3n) is 3.92. The van der Waals surface area contributed by atoms with Gasteiger partial charge in [-0.2, -0.15) is 5.10 Å². The van der Waals surface area contributed by atoms with Gasteiger partial charge in [-0.25, -0.2) is 4.39 Å². The van der Waals surface area contributed by atoms with Gasteiger partial charge >= 0.3 is 0 Å². The van der Waals surface area contributed by atoms with Gasteiger partial charge in [0, 0.05) is 30.8 Å². The predicted octanol–water partition coefficient (Wildman–Crippen LogP) is 2.34. The van der Waals surface area contributed by atoms with Crippen LogP contribution < -0.4 is 10.6 Å². The number of likely N-dealkylation sites (N-methyl/N-ethyl adjacent to an activating group) is 1. The fraction of sp³-hybridized carbons (Fsp3) is 0.412. The molecule has 24 heavy (non-hydrogen) atoms. The van der Waals surface area contributed by atoms with E-state index in [-0.39, 0.29) is 24.1 Å². The van der Waals surface area contributed by atoms with Gasteiger partial charge in [-0.1, -0.05) is 32.0 Å². The van der Waals surface area contributed by atoms with Crippen LogP contribution in [0.15, 0.2) is 36.7 Å². The molecule has 1 amide bonds. The number of aryl methyl sites for hydroxylation is 1. The Hall–Kier alpha value is -1.92. The summed E-state index contributed by atoms with van der Waals surface area (Å²) in [6.07, 6.45) is 3.45. The largest absolute Gasteiger partial charge is 0.354 e. The highest BCUT2D eigenvalue weighted by molar-refractivity contribution is 5.85. The molecular formula is C17H24ClFN4O. The van der Waals surface area contributed by atoms with E-state index in [4.69, 9.17) is 0 Å². The Morgan fingerprint density at radius 2 is 2.04 bits per heavy atom. The highest BCUT2D eigenvalue weighted by Gasteiger charge is 2.27. The Labute approximate surface area is 148 Å². The molecule has 0 aliphatic carbocycles. The number of hydrogen-bond acceptors (Lipinski definition) is 3. The van der Waals surface area contributed by atoms with E-state index in [1.807, 2.05) is 13.8 Å².